The summed E-state index contributed by atoms with van der Waals surface area (Å²) in [5.41, 5.74) is 1.29. The predicted molar refractivity (Wildman–Crippen MR) is 101 cm³/mol. The van der Waals surface area contributed by atoms with Crippen molar-refractivity contribution in [2.75, 3.05) is 20.2 Å². The lowest BCUT2D eigenvalue weighted by atomic mass is 9.77. The number of hydrogen-bond acceptors (Lipinski definition) is 3. The Kier molecular flexibility index (Phi) is 5.48. The number of amides is 1. The Labute approximate surface area is 151 Å². The first kappa shape index (κ1) is 18.0. The smallest absolute Gasteiger partial charge is 0.223 e. The molecule has 2 heterocycles. The fraction of sp³-hybridized carbons (Fsp3) is 0.571. The van der Waals surface area contributed by atoms with Crippen molar-refractivity contribution in [2.24, 2.45) is 0 Å². The minimum absolute atomic E-state index is 0.00918. The average molecular weight is 342 g/mol. The molecule has 25 heavy (non-hydrogen) atoms. The first-order valence-corrected chi connectivity index (χ1v) is 9.43. The number of carbonyl (C=O) groups is 1. The van der Waals surface area contributed by atoms with E-state index in [9.17, 15) is 4.79 Å². The monoisotopic (exact) mass is 342 g/mol. The first-order chi connectivity index (χ1) is 12.1. The fourth-order valence-electron chi connectivity index (χ4n) is 4.90. The maximum atomic E-state index is 12.5. The van der Waals surface area contributed by atoms with Crippen molar-refractivity contribution in [3.05, 3.63) is 42.5 Å². The third-order valence-corrected chi connectivity index (χ3v) is 5.97. The van der Waals surface area contributed by atoms with Crippen LogP contribution < -0.4 is 4.74 Å². The Balaban J connectivity index is 1.82. The van der Waals surface area contributed by atoms with Gasteiger partial charge in [0.25, 0.3) is 0 Å². The summed E-state index contributed by atoms with van der Waals surface area (Å²) in [5.74, 6) is 1.19. The molecule has 1 spiro atoms. The highest BCUT2D eigenvalue weighted by atomic mass is 16.5. The summed E-state index contributed by atoms with van der Waals surface area (Å²) in [6, 6.07) is 8.76. The summed E-state index contributed by atoms with van der Waals surface area (Å²) >= 11 is 0. The second-order valence-corrected chi connectivity index (χ2v) is 7.24. The molecule has 0 saturated carbocycles. The van der Waals surface area contributed by atoms with E-state index in [0.29, 0.717) is 24.9 Å². The van der Waals surface area contributed by atoms with Gasteiger partial charge in [-0.05, 0) is 49.9 Å². The summed E-state index contributed by atoms with van der Waals surface area (Å²) in [6.45, 7) is 8.83. The second kappa shape index (κ2) is 7.61. The summed E-state index contributed by atoms with van der Waals surface area (Å²) < 4.78 is 5.26. The maximum absolute atomic E-state index is 12.5. The van der Waals surface area contributed by atoms with Crippen LogP contribution in [0.15, 0.2) is 36.9 Å². The molecule has 1 aromatic carbocycles. The highest BCUT2D eigenvalue weighted by Gasteiger charge is 2.52. The van der Waals surface area contributed by atoms with Crippen LogP contribution in [0.2, 0.25) is 0 Å². The van der Waals surface area contributed by atoms with Crippen molar-refractivity contribution in [1.82, 2.24) is 9.80 Å². The van der Waals surface area contributed by atoms with Crippen LogP contribution in [0.3, 0.4) is 0 Å². The maximum Gasteiger partial charge on any atom is 0.223 e. The van der Waals surface area contributed by atoms with E-state index in [0.717, 1.165) is 44.5 Å². The molecule has 4 nitrogen and oxygen atoms in total. The number of nitrogens with zero attached hydrogens (tertiary/aromatic N) is 2. The molecule has 0 bridgehead atoms. The molecule has 2 saturated heterocycles. The van der Waals surface area contributed by atoms with Gasteiger partial charge in [-0.1, -0.05) is 25.1 Å². The first-order valence-electron chi connectivity index (χ1n) is 9.43. The van der Waals surface area contributed by atoms with Crippen molar-refractivity contribution in [3.8, 4) is 5.75 Å². The Morgan fingerprint density at radius 1 is 1.32 bits per heavy atom. The van der Waals surface area contributed by atoms with E-state index in [1.165, 1.54) is 5.56 Å². The van der Waals surface area contributed by atoms with Crippen molar-refractivity contribution >= 4 is 5.91 Å². The highest BCUT2D eigenvalue weighted by Crippen LogP contribution is 2.43. The summed E-state index contributed by atoms with van der Waals surface area (Å²) in [5, 5.41) is 0. The molecule has 0 radical (unpaired) electrons. The van der Waals surface area contributed by atoms with E-state index in [1.807, 2.05) is 18.2 Å². The third-order valence-electron chi connectivity index (χ3n) is 5.97. The number of benzene rings is 1. The molecule has 1 aromatic rings. The Bertz CT molecular complexity index is 613. The number of methoxy groups -OCH3 is 1. The van der Waals surface area contributed by atoms with Crippen molar-refractivity contribution in [3.63, 3.8) is 0 Å². The zero-order valence-corrected chi connectivity index (χ0v) is 15.5. The van der Waals surface area contributed by atoms with Gasteiger partial charge in [0.2, 0.25) is 5.91 Å². The van der Waals surface area contributed by atoms with E-state index in [1.54, 1.807) is 7.11 Å². The Morgan fingerprint density at radius 3 is 2.72 bits per heavy atom. The molecule has 4 heteroatoms. The lowest BCUT2D eigenvalue weighted by molar-refractivity contribution is -0.134. The molecular weight excluding hydrogens is 312 g/mol. The van der Waals surface area contributed by atoms with Gasteiger partial charge in [-0.3, -0.25) is 9.69 Å². The van der Waals surface area contributed by atoms with Gasteiger partial charge in [0.1, 0.15) is 5.75 Å². The molecule has 0 N–H and O–H groups in total. The largest absolute Gasteiger partial charge is 0.497 e. The zero-order valence-electron chi connectivity index (χ0n) is 15.5. The van der Waals surface area contributed by atoms with Gasteiger partial charge in [0.15, 0.2) is 0 Å². The summed E-state index contributed by atoms with van der Waals surface area (Å²) in [7, 11) is 1.70. The molecule has 2 aliphatic heterocycles. The van der Waals surface area contributed by atoms with E-state index in [-0.39, 0.29) is 5.54 Å². The molecule has 0 unspecified atom stereocenters. The summed E-state index contributed by atoms with van der Waals surface area (Å²) in [6.07, 6.45) is 6.87. The number of ether oxygens (including phenoxy) is 1. The van der Waals surface area contributed by atoms with Crippen LogP contribution in [0.25, 0.3) is 0 Å². The minimum atomic E-state index is -0.00918. The van der Waals surface area contributed by atoms with Gasteiger partial charge in [-0.2, -0.15) is 0 Å². The molecular formula is C21H30N2O2. The highest BCUT2D eigenvalue weighted by molar-refractivity contribution is 5.80. The number of hydrogen-bond donors (Lipinski definition) is 0. The number of likely N-dealkylation sites (tertiary alicyclic amines) is 2. The molecule has 136 valence electrons. The van der Waals surface area contributed by atoms with Crippen LogP contribution in [0, 0.1) is 0 Å². The van der Waals surface area contributed by atoms with Gasteiger partial charge in [-0.25, -0.2) is 0 Å². The number of rotatable bonds is 6. The van der Waals surface area contributed by atoms with Crippen molar-refractivity contribution < 1.29 is 9.53 Å². The van der Waals surface area contributed by atoms with Crippen LogP contribution in [0.1, 0.15) is 44.6 Å². The standard InChI is InChI=1S/C21H30N2O2/c1-4-14-23-20(24)11-13-21(23)12-6-15-22(19(21)5-2)16-17-7-9-18(25-3)10-8-17/h4,7-10,19H,1,5-6,11-16H2,2-3H3/t19-,21-/m0/s1. The average Bonchev–Trinajstić information content (AvgIpc) is 2.93. The van der Waals surface area contributed by atoms with Crippen molar-refractivity contribution in [1.29, 1.82) is 0 Å². The van der Waals surface area contributed by atoms with Gasteiger partial charge in [0, 0.05) is 25.6 Å². The normalized spacial score (nSPS) is 27.0. The van der Waals surface area contributed by atoms with E-state index < -0.39 is 0 Å². The topological polar surface area (TPSA) is 32.8 Å². The minimum Gasteiger partial charge on any atom is -0.497 e. The lowest BCUT2D eigenvalue weighted by Gasteiger charge is -2.52. The third kappa shape index (κ3) is 3.32. The number of carbonyl (C=O) groups excluding carboxylic acids is 1. The van der Waals surface area contributed by atoms with Crippen LogP contribution in [-0.2, 0) is 11.3 Å². The predicted octanol–water partition coefficient (Wildman–Crippen LogP) is 3.62. The van der Waals surface area contributed by atoms with E-state index in [4.69, 9.17) is 4.74 Å². The molecule has 0 aliphatic carbocycles. The van der Waals surface area contributed by atoms with Crippen molar-refractivity contribution in [2.45, 2.75) is 57.2 Å². The Morgan fingerprint density at radius 2 is 2.08 bits per heavy atom. The molecule has 0 aromatic heterocycles. The number of piperidine rings is 1. The molecule has 1 amide bonds. The fourth-order valence-corrected chi connectivity index (χ4v) is 4.90. The summed E-state index contributed by atoms with van der Waals surface area (Å²) in [4.78, 5) is 17.2. The molecule has 2 atom stereocenters. The van der Waals surface area contributed by atoms with Crippen LogP contribution in [-0.4, -0.2) is 47.5 Å². The van der Waals surface area contributed by atoms with Crippen LogP contribution in [0.4, 0.5) is 0 Å². The zero-order chi connectivity index (χ0) is 17.9. The quantitative estimate of drug-likeness (QED) is 0.740. The van der Waals surface area contributed by atoms with Gasteiger partial charge >= 0.3 is 0 Å². The molecule has 2 aliphatic rings. The molecule has 2 fully saturated rings. The Hall–Kier alpha value is -1.81. The lowest BCUT2D eigenvalue weighted by Crippen LogP contribution is -2.62. The van der Waals surface area contributed by atoms with Gasteiger partial charge < -0.3 is 9.64 Å². The van der Waals surface area contributed by atoms with E-state index >= 15 is 0 Å². The van der Waals surface area contributed by atoms with Gasteiger partial charge in [0.05, 0.1) is 12.6 Å². The van der Waals surface area contributed by atoms with Crippen LogP contribution in [0.5, 0.6) is 5.75 Å². The van der Waals surface area contributed by atoms with Gasteiger partial charge in [-0.15, -0.1) is 6.58 Å². The molecule has 3 rings (SSSR count). The SMILES string of the molecule is C=CCN1C(=O)CC[C@]12CCCN(Cc1ccc(OC)cc1)[C@H]2CC. The van der Waals surface area contributed by atoms with E-state index in [2.05, 4.69) is 35.4 Å². The van der Waals surface area contributed by atoms with Crippen LogP contribution >= 0.6 is 0 Å². The second-order valence-electron chi connectivity index (χ2n) is 7.24.